The summed E-state index contributed by atoms with van der Waals surface area (Å²) >= 11 is 0. The minimum Gasteiger partial charge on any atom is -0.507 e. The number of aliphatic hydroxyl groups is 2. The van der Waals surface area contributed by atoms with E-state index in [0.29, 0.717) is 0 Å². The molecule has 0 unspecified atom stereocenters. The summed E-state index contributed by atoms with van der Waals surface area (Å²) in [5.41, 5.74) is -0.0929. The van der Waals surface area contributed by atoms with Crippen LogP contribution in [-0.4, -0.2) is 110 Å². The Labute approximate surface area is 319 Å². The number of phenolic OH excluding ortho intramolecular Hbond substituents is 3. The van der Waals surface area contributed by atoms with Gasteiger partial charge in [0.2, 0.25) is 0 Å². The van der Waals surface area contributed by atoms with Crippen LogP contribution in [-0.2, 0) is 23.8 Å². The van der Waals surface area contributed by atoms with Crippen LogP contribution < -0.4 is 10.1 Å². The molecule has 3 heterocycles. The van der Waals surface area contributed by atoms with E-state index in [1.807, 2.05) is 0 Å². The average molecular weight is 721 g/mol. The zero-order valence-electron chi connectivity index (χ0n) is 30.7. The molecule has 6 N–H and O–H groups in total. The third-order valence-electron chi connectivity index (χ3n) is 9.84. The Morgan fingerprint density at radius 3 is 2.20 bits per heavy atom. The van der Waals surface area contributed by atoms with Crippen LogP contribution in [0.1, 0.15) is 64.4 Å². The maximum atomic E-state index is 13.9. The van der Waals surface area contributed by atoms with E-state index < -0.39 is 88.8 Å². The molecule has 3 aliphatic rings. The van der Waals surface area contributed by atoms with Crippen molar-refractivity contribution in [1.29, 1.82) is 0 Å². The number of ether oxygens (including phenoxy) is 4. The number of carbonyl (C=O) groups excluding carboxylic acids is 3. The second-order valence-electron chi connectivity index (χ2n) is 13.4. The number of fused-ring (bicyclic) bond motifs is 14. The summed E-state index contributed by atoms with van der Waals surface area (Å²) in [5, 5.41) is 58.2. The largest absolute Gasteiger partial charge is 0.507 e. The van der Waals surface area contributed by atoms with Crippen molar-refractivity contribution in [3.8, 4) is 23.0 Å². The van der Waals surface area contributed by atoms with Gasteiger partial charge in [-0.3, -0.25) is 14.4 Å². The maximum Gasteiger partial charge on any atom is 0.312 e. The zero-order chi connectivity index (χ0) is 37.4. The average Bonchev–Trinajstić information content (AvgIpc) is 3.33. The molecular weight excluding hydrogens is 673 g/mol. The number of esters is 1. The quantitative estimate of drug-likeness (QED) is 0.111. The number of aliphatic hydroxyl groups excluding tert-OH is 2. The van der Waals surface area contributed by atoms with Gasteiger partial charge in [-0.25, -0.2) is 0 Å². The van der Waals surface area contributed by atoms with Crippen LogP contribution in [0.25, 0.3) is 10.8 Å². The van der Waals surface area contributed by atoms with Crippen molar-refractivity contribution >= 4 is 63.7 Å². The molecule has 0 fully saturated rings. The molecule has 51 heavy (non-hydrogen) atoms. The molecule has 3 aliphatic heterocycles. The van der Waals surface area contributed by atoms with E-state index in [0.717, 1.165) is 6.07 Å². The van der Waals surface area contributed by atoms with Crippen LogP contribution in [0, 0.1) is 30.6 Å². The van der Waals surface area contributed by atoms with Crippen molar-refractivity contribution in [1.82, 2.24) is 0 Å². The van der Waals surface area contributed by atoms with Crippen molar-refractivity contribution in [2.75, 3.05) is 12.4 Å². The van der Waals surface area contributed by atoms with Gasteiger partial charge in [0.1, 0.15) is 23.4 Å². The second kappa shape index (κ2) is 16.4. The van der Waals surface area contributed by atoms with E-state index >= 15 is 0 Å². The molecule has 14 heteroatoms. The number of Topliss-reactive ketones (excluding diaryl/α,β-unsaturated/α-hetero) is 1. The van der Waals surface area contributed by atoms with Crippen LogP contribution in [0.2, 0.25) is 0 Å². The number of anilines is 1. The van der Waals surface area contributed by atoms with Crippen molar-refractivity contribution in [3.63, 3.8) is 0 Å². The molecule has 0 saturated heterocycles. The van der Waals surface area contributed by atoms with E-state index in [9.17, 15) is 39.9 Å². The SMILES string of the molecule is CO[C@H]1/C=C/O[C@@]2(C)Oc3c(C)c(O)c4c(O)c(cc(O)c4c3C2=O)NC(=O)/C(C)=C/C=C/[C@H](C)[C@H](O)[C@@H](C)[C@@H](O)[C@@H](C)[C@H](OC(C)=O)[C@@H]1C.[Na]. The summed E-state index contributed by atoms with van der Waals surface area (Å²) < 4.78 is 23.2. The van der Waals surface area contributed by atoms with E-state index in [4.69, 9.17) is 18.9 Å². The number of phenols is 3. The van der Waals surface area contributed by atoms with Crippen molar-refractivity contribution in [2.45, 2.75) is 85.6 Å². The van der Waals surface area contributed by atoms with Crippen molar-refractivity contribution in [2.24, 2.45) is 23.7 Å². The Morgan fingerprint density at radius 2 is 1.59 bits per heavy atom. The van der Waals surface area contributed by atoms with Crippen molar-refractivity contribution in [3.05, 3.63) is 53.3 Å². The number of benzene rings is 2. The van der Waals surface area contributed by atoms with Crippen molar-refractivity contribution < 1.29 is 58.9 Å². The predicted molar refractivity (Wildman–Crippen MR) is 190 cm³/mol. The number of allylic oxidation sites excluding steroid dienone is 2. The Balaban J connectivity index is 0.00000702. The van der Waals surface area contributed by atoms with Gasteiger partial charge in [-0.2, -0.15) is 0 Å². The van der Waals surface area contributed by atoms with Gasteiger partial charge in [0.25, 0.3) is 11.7 Å². The molecule has 0 saturated carbocycles. The van der Waals surface area contributed by atoms with Gasteiger partial charge in [0.05, 0.1) is 41.2 Å². The minimum absolute atomic E-state index is 0. The number of aromatic hydroxyl groups is 3. The van der Waals surface area contributed by atoms with Gasteiger partial charge in [0.15, 0.2) is 5.75 Å². The van der Waals surface area contributed by atoms with E-state index in [2.05, 4.69) is 5.32 Å². The fourth-order valence-electron chi connectivity index (χ4n) is 6.65. The molecule has 2 aromatic carbocycles. The first-order valence-corrected chi connectivity index (χ1v) is 16.4. The number of amides is 1. The molecular formula is C37H47NNaO12. The molecule has 273 valence electrons. The third kappa shape index (κ3) is 8.08. The Hall–Kier alpha value is -3.59. The predicted octanol–water partition coefficient (Wildman–Crippen LogP) is 4.37. The summed E-state index contributed by atoms with van der Waals surface area (Å²) in [6, 6.07) is 1.06. The number of ketones is 1. The second-order valence-corrected chi connectivity index (χ2v) is 13.4. The number of nitrogens with one attached hydrogen (secondary N) is 1. The fraction of sp³-hybridized carbons (Fsp3) is 0.486. The van der Waals surface area contributed by atoms with E-state index in [-0.39, 0.29) is 68.5 Å². The van der Waals surface area contributed by atoms with Gasteiger partial charge < -0.3 is 49.8 Å². The van der Waals surface area contributed by atoms with Gasteiger partial charge in [-0.15, -0.1) is 0 Å². The zero-order valence-corrected chi connectivity index (χ0v) is 32.7. The Bertz CT molecular complexity index is 1770. The maximum absolute atomic E-state index is 13.9. The number of methoxy groups -OCH3 is 1. The molecule has 5 bridgehead atoms. The molecule has 1 radical (unpaired) electrons. The van der Waals surface area contributed by atoms with Gasteiger partial charge >= 0.3 is 11.8 Å². The molecule has 0 aliphatic carbocycles. The molecule has 5 rings (SSSR count). The summed E-state index contributed by atoms with van der Waals surface area (Å²) in [5.74, 6) is -7.99. The fourth-order valence-corrected chi connectivity index (χ4v) is 6.65. The number of rotatable bonds is 2. The number of hydrogen-bond donors (Lipinski definition) is 6. The first-order chi connectivity index (χ1) is 23.4. The van der Waals surface area contributed by atoms with Crippen LogP contribution in [0.5, 0.6) is 23.0 Å². The Morgan fingerprint density at radius 1 is 0.941 bits per heavy atom. The number of hydrogen-bond acceptors (Lipinski definition) is 12. The van der Waals surface area contributed by atoms with Crippen LogP contribution in [0.3, 0.4) is 0 Å². The van der Waals surface area contributed by atoms with Gasteiger partial charge in [0, 0.05) is 96.8 Å². The first-order valence-electron chi connectivity index (χ1n) is 16.4. The Kier molecular flexibility index (Phi) is 13.4. The molecule has 13 nitrogen and oxygen atoms in total. The van der Waals surface area contributed by atoms with Crippen LogP contribution in [0.15, 0.2) is 42.2 Å². The third-order valence-corrected chi connectivity index (χ3v) is 9.84. The summed E-state index contributed by atoms with van der Waals surface area (Å²) in [4.78, 5) is 39.2. The summed E-state index contributed by atoms with van der Waals surface area (Å²) in [7, 11) is 1.43. The molecule has 0 aromatic heterocycles. The van der Waals surface area contributed by atoms with Gasteiger partial charge in [-0.05, 0) is 19.9 Å². The standard InChI is InChI=1S/C37H47NO12.Na/c1-16-11-10-12-17(2)36(46)38-23-15-24(40)26-27(32(23)44)31(43)21(6)34-28(26)35(45)37(8,50-34)48-14-13-25(47-9)18(3)33(49-22(7)39)20(5)30(42)19(4)29(16)41;/h10-16,18-20,25,29-30,33,40-44H,1-9H3,(H,38,46);/b11-10+,14-13+,17-12+;/t16-,18+,19+,20+,25-,29-,30+,33+,37-;/m0./s1. The minimum atomic E-state index is -1.98. The molecule has 9 atom stereocenters. The first kappa shape index (κ1) is 41.8. The molecule has 0 spiro atoms. The summed E-state index contributed by atoms with van der Waals surface area (Å²) in [6.07, 6.45) is 3.62. The smallest absolute Gasteiger partial charge is 0.312 e. The molecule has 2 aromatic rings. The molecule has 1 amide bonds. The summed E-state index contributed by atoms with van der Waals surface area (Å²) in [6.45, 7) is 12.5. The topological polar surface area (TPSA) is 201 Å². The van der Waals surface area contributed by atoms with Crippen LogP contribution in [0.4, 0.5) is 5.69 Å². The number of carbonyl (C=O) groups is 3. The van der Waals surface area contributed by atoms with Gasteiger partial charge in [-0.1, -0.05) is 45.9 Å². The van der Waals surface area contributed by atoms with Crippen LogP contribution >= 0.6 is 0 Å². The normalized spacial score (nSPS) is 32.6. The monoisotopic (exact) mass is 720 g/mol. The van der Waals surface area contributed by atoms with E-state index in [1.165, 1.54) is 53.2 Å². The van der Waals surface area contributed by atoms with E-state index in [1.54, 1.807) is 39.8 Å².